The molecule has 0 bridgehead atoms. The van der Waals surface area contributed by atoms with Gasteiger partial charge in [-0.1, -0.05) is 19.4 Å². The number of ketones is 2. The summed E-state index contributed by atoms with van der Waals surface area (Å²) in [6, 6.07) is 0. The predicted octanol–water partition coefficient (Wildman–Crippen LogP) is 4.41. The van der Waals surface area contributed by atoms with Crippen molar-refractivity contribution in [3.8, 4) is 0 Å². The third-order valence-corrected chi connectivity index (χ3v) is 8.97. The minimum atomic E-state index is -0.950. The van der Waals surface area contributed by atoms with Gasteiger partial charge in [-0.25, -0.2) is 0 Å². The fourth-order valence-electron chi connectivity index (χ4n) is 7.62. The second-order valence-corrected chi connectivity index (χ2v) is 9.94. The Hall–Kier alpha value is -1.45. The molecule has 0 aromatic rings. The molecule has 3 saturated carbocycles. The molecule has 4 nitrogen and oxygen atoms in total. The number of carbonyl (C=O) groups is 3. The lowest BCUT2D eigenvalue weighted by atomic mass is 9.46. The molecule has 4 rings (SSSR count). The van der Waals surface area contributed by atoms with Crippen LogP contribution in [0.3, 0.4) is 0 Å². The number of fused-ring (bicyclic) bond motifs is 5. The summed E-state index contributed by atoms with van der Waals surface area (Å²) in [5, 5.41) is 0. The van der Waals surface area contributed by atoms with Crippen LogP contribution in [0.15, 0.2) is 11.6 Å². The first-order valence-corrected chi connectivity index (χ1v) is 10.6. The van der Waals surface area contributed by atoms with Gasteiger partial charge < -0.3 is 4.74 Å². The molecule has 3 fully saturated rings. The van der Waals surface area contributed by atoms with Crippen LogP contribution >= 0.6 is 0 Å². The van der Waals surface area contributed by atoms with Crippen molar-refractivity contribution in [2.45, 2.75) is 84.7 Å². The first-order chi connectivity index (χ1) is 12.6. The van der Waals surface area contributed by atoms with E-state index in [-0.39, 0.29) is 28.4 Å². The van der Waals surface area contributed by atoms with Gasteiger partial charge in [-0.2, -0.15) is 0 Å². The standard InChI is InChI=1S/C23H32O4/c1-14(24)23(27-15(2)25)12-9-20-18-6-5-16-13-17(26)7-10-21(16,3)19(18)8-11-22(20,23)4/h13,18-20H,5-12H2,1-4H3/t18-,19+,20+,21+,22+,23+/m1/s1. The molecule has 0 aromatic heterocycles. The van der Waals surface area contributed by atoms with E-state index in [4.69, 9.17) is 4.74 Å². The summed E-state index contributed by atoms with van der Waals surface area (Å²) in [4.78, 5) is 36.5. The number of rotatable bonds is 2. The molecule has 0 saturated heterocycles. The maximum atomic E-state index is 12.7. The molecule has 148 valence electrons. The van der Waals surface area contributed by atoms with Crippen molar-refractivity contribution in [1.82, 2.24) is 0 Å². The lowest BCUT2D eigenvalue weighted by Crippen LogP contribution is -2.58. The Morgan fingerprint density at radius 2 is 1.70 bits per heavy atom. The van der Waals surface area contributed by atoms with E-state index in [0.29, 0.717) is 30.6 Å². The predicted molar refractivity (Wildman–Crippen MR) is 102 cm³/mol. The zero-order valence-electron chi connectivity index (χ0n) is 17.1. The quantitative estimate of drug-likeness (QED) is 0.674. The van der Waals surface area contributed by atoms with E-state index >= 15 is 0 Å². The van der Waals surface area contributed by atoms with Crippen molar-refractivity contribution in [3.63, 3.8) is 0 Å². The van der Waals surface area contributed by atoms with Crippen molar-refractivity contribution in [2.75, 3.05) is 0 Å². The van der Waals surface area contributed by atoms with Gasteiger partial charge in [-0.05, 0) is 81.1 Å². The van der Waals surface area contributed by atoms with Gasteiger partial charge in [0.25, 0.3) is 0 Å². The largest absolute Gasteiger partial charge is 0.451 e. The van der Waals surface area contributed by atoms with Gasteiger partial charge in [0.15, 0.2) is 17.2 Å². The third kappa shape index (κ3) is 2.44. The fraction of sp³-hybridized carbons (Fsp3) is 0.783. The molecule has 0 amide bonds. The molecule has 4 aliphatic rings. The number of carbonyl (C=O) groups excluding carboxylic acids is 3. The van der Waals surface area contributed by atoms with Gasteiger partial charge >= 0.3 is 5.97 Å². The molecule has 0 aliphatic heterocycles. The summed E-state index contributed by atoms with van der Waals surface area (Å²) in [6.07, 6.45) is 9.23. The highest BCUT2D eigenvalue weighted by molar-refractivity contribution is 5.91. The van der Waals surface area contributed by atoms with Crippen LogP contribution in [-0.2, 0) is 19.1 Å². The molecule has 4 aliphatic carbocycles. The second kappa shape index (κ2) is 6.02. The average Bonchev–Trinajstić information content (AvgIpc) is 2.89. The Labute approximate surface area is 162 Å². The van der Waals surface area contributed by atoms with E-state index in [1.807, 2.05) is 6.08 Å². The highest BCUT2D eigenvalue weighted by Gasteiger charge is 2.67. The number of esters is 1. The van der Waals surface area contributed by atoms with Crippen LogP contribution in [0.1, 0.15) is 79.1 Å². The van der Waals surface area contributed by atoms with E-state index < -0.39 is 5.60 Å². The average molecular weight is 373 g/mol. The normalized spacial score (nSPS) is 46.0. The van der Waals surface area contributed by atoms with Gasteiger partial charge in [-0.3, -0.25) is 14.4 Å². The Morgan fingerprint density at radius 3 is 2.37 bits per heavy atom. The van der Waals surface area contributed by atoms with Crippen molar-refractivity contribution in [1.29, 1.82) is 0 Å². The number of hydrogen-bond acceptors (Lipinski definition) is 4. The molecule has 6 atom stereocenters. The highest BCUT2D eigenvalue weighted by Crippen LogP contribution is 2.68. The zero-order chi connectivity index (χ0) is 19.6. The minimum Gasteiger partial charge on any atom is -0.451 e. The summed E-state index contributed by atoms with van der Waals surface area (Å²) >= 11 is 0. The van der Waals surface area contributed by atoms with Crippen molar-refractivity contribution < 1.29 is 19.1 Å². The fourth-order valence-corrected chi connectivity index (χ4v) is 7.62. The summed E-state index contributed by atoms with van der Waals surface area (Å²) in [5.74, 6) is 1.48. The van der Waals surface area contributed by atoms with E-state index in [1.165, 1.54) is 12.5 Å². The molecule has 0 heterocycles. The molecule has 0 N–H and O–H groups in total. The summed E-state index contributed by atoms with van der Waals surface area (Å²) in [6.45, 7) is 7.58. The number of ether oxygens (including phenoxy) is 1. The lowest BCUT2D eigenvalue weighted by molar-refractivity contribution is -0.187. The van der Waals surface area contributed by atoms with E-state index in [0.717, 1.165) is 38.5 Å². The molecule has 0 unspecified atom stereocenters. The van der Waals surface area contributed by atoms with Gasteiger partial charge in [0.1, 0.15) is 0 Å². The van der Waals surface area contributed by atoms with Gasteiger partial charge in [0.2, 0.25) is 0 Å². The van der Waals surface area contributed by atoms with Crippen LogP contribution in [0.2, 0.25) is 0 Å². The minimum absolute atomic E-state index is 0.00650. The first kappa shape index (κ1) is 18.9. The number of allylic oxidation sites excluding steroid dienone is 1. The number of hydrogen-bond donors (Lipinski definition) is 0. The Balaban J connectivity index is 1.70. The van der Waals surface area contributed by atoms with Crippen molar-refractivity contribution in [2.24, 2.45) is 28.6 Å². The summed E-state index contributed by atoms with van der Waals surface area (Å²) in [7, 11) is 0. The molecule has 27 heavy (non-hydrogen) atoms. The van der Waals surface area contributed by atoms with Crippen LogP contribution in [-0.4, -0.2) is 23.1 Å². The Morgan fingerprint density at radius 1 is 1.00 bits per heavy atom. The van der Waals surface area contributed by atoms with Crippen LogP contribution in [0, 0.1) is 28.6 Å². The van der Waals surface area contributed by atoms with Crippen LogP contribution in [0.25, 0.3) is 0 Å². The van der Waals surface area contributed by atoms with Crippen LogP contribution in [0.5, 0.6) is 0 Å². The molecule has 4 heteroatoms. The van der Waals surface area contributed by atoms with Crippen LogP contribution in [0.4, 0.5) is 0 Å². The highest BCUT2D eigenvalue weighted by atomic mass is 16.6. The zero-order valence-corrected chi connectivity index (χ0v) is 17.1. The van der Waals surface area contributed by atoms with Gasteiger partial charge in [-0.15, -0.1) is 0 Å². The third-order valence-electron chi connectivity index (χ3n) is 8.97. The van der Waals surface area contributed by atoms with Crippen molar-refractivity contribution in [3.05, 3.63) is 11.6 Å². The Kier molecular flexibility index (Phi) is 4.21. The number of Topliss-reactive ketones (excluding diaryl/α,β-unsaturated/α-hetero) is 1. The summed E-state index contributed by atoms with van der Waals surface area (Å²) in [5.41, 5.74) is 0.266. The maximum absolute atomic E-state index is 12.7. The molecule has 0 aromatic carbocycles. The molecular formula is C23H32O4. The smallest absolute Gasteiger partial charge is 0.303 e. The van der Waals surface area contributed by atoms with Crippen LogP contribution < -0.4 is 0 Å². The molecule has 0 radical (unpaired) electrons. The SMILES string of the molecule is CC(=O)O[C@]1(C(C)=O)CC[C@H]2[C@@H]3CCC4=CC(=O)CC[C@]4(C)[C@H]3CC[C@@]21C. The lowest BCUT2D eigenvalue weighted by Gasteiger charge is -2.59. The van der Waals surface area contributed by atoms with Crippen molar-refractivity contribution >= 4 is 17.5 Å². The molecular weight excluding hydrogens is 340 g/mol. The van der Waals surface area contributed by atoms with E-state index in [1.54, 1.807) is 6.92 Å². The monoisotopic (exact) mass is 372 g/mol. The first-order valence-electron chi connectivity index (χ1n) is 10.6. The van der Waals surface area contributed by atoms with E-state index in [9.17, 15) is 14.4 Å². The second-order valence-electron chi connectivity index (χ2n) is 9.94. The van der Waals surface area contributed by atoms with Gasteiger partial charge in [0, 0.05) is 18.8 Å². The summed E-state index contributed by atoms with van der Waals surface area (Å²) < 4.78 is 5.81. The van der Waals surface area contributed by atoms with E-state index in [2.05, 4.69) is 13.8 Å². The Bertz CT molecular complexity index is 737. The maximum Gasteiger partial charge on any atom is 0.303 e. The van der Waals surface area contributed by atoms with Gasteiger partial charge in [0.05, 0.1) is 0 Å². The topological polar surface area (TPSA) is 60.4 Å². The molecule has 0 spiro atoms.